The largest absolute Gasteiger partial charge is 0.493 e. The molecular weight excluding hydrogens is 288 g/mol. The Labute approximate surface area is 138 Å². The number of guanidine groups is 1. The van der Waals surface area contributed by atoms with E-state index in [9.17, 15) is 0 Å². The minimum absolute atomic E-state index is 0.128. The summed E-state index contributed by atoms with van der Waals surface area (Å²) in [6, 6.07) is 6.33. The van der Waals surface area contributed by atoms with E-state index in [1.807, 2.05) is 13.0 Å². The molecule has 0 aliphatic carbocycles. The Balaban J connectivity index is 2.07. The lowest BCUT2D eigenvalue weighted by Crippen LogP contribution is -2.26. The van der Waals surface area contributed by atoms with Gasteiger partial charge in [-0.15, -0.1) is 0 Å². The van der Waals surface area contributed by atoms with Gasteiger partial charge in [-0.2, -0.15) is 4.99 Å². The molecule has 0 amide bonds. The first-order chi connectivity index (χ1) is 11.0. The highest BCUT2D eigenvalue weighted by molar-refractivity contribution is 5.95. The molecule has 1 aromatic rings. The summed E-state index contributed by atoms with van der Waals surface area (Å²) in [5.41, 5.74) is 9.19. The molecule has 1 aromatic carbocycles. The SMILES string of the molecule is C=C(N=C(N)N=C(C)CCC)NC1CCOc2ccc(C)cc21. The maximum Gasteiger partial charge on any atom is 0.221 e. The first kappa shape index (κ1) is 17.1. The quantitative estimate of drug-likeness (QED) is 0.646. The maximum absolute atomic E-state index is 5.87. The van der Waals surface area contributed by atoms with Crippen LogP contribution in [-0.4, -0.2) is 18.3 Å². The van der Waals surface area contributed by atoms with Gasteiger partial charge in [-0.3, -0.25) is 0 Å². The van der Waals surface area contributed by atoms with Gasteiger partial charge < -0.3 is 15.8 Å². The molecule has 1 aliphatic heterocycles. The van der Waals surface area contributed by atoms with Gasteiger partial charge in [0.25, 0.3) is 0 Å². The first-order valence-electron chi connectivity index (χ1n) is 8.06. The van der Waals surface area contributed by atoms with E-state index in [-0.39, 0.29) is 12.0 Å². The van der Waals surface area contributed by atoms with Gasteiger partial charge >= 0.3 is 0 Å². The molecule has 124 valence electrons. The van der Waals surface area contributed by atoms with Gasteiger partial charge in [0, 0.05) is 17.7 Å². The Morgan fingerprint density at radius 2 is 2.22 bits per heavy atom. The van der Waals surface area contributed by atoms with E-state index in [2.05, 4.69) is 47.9 Å². The third-order valence-electron chi connectivity index (χ3n) is 3.71. The number of nitrogens with one attached hydrogen (secondary N) is 1. The number of nitrogens with zero attached hydrogens (tertiary/aromatic N) is 2. The van der Waals surface area contributed by atoms with Crippen LogP contribution < -0.4 is 15.8 Å². The molecule has 23 heavy (non-hydrogen) atoms. The predicted octanol–water partition coefficient (Wildman–Crippen LogP) is 3.46. The smallest absolute Gasteiger partial charge is 0.221 e. The van der Waals surface area contributed by atoms with Crippen LogP contribution in [0.1, 0.15) is 50.3 Å². The first-order valence-corrected chi connectivity index (χ1v) is 8.06. The Kier molecular flexibility index (Phi) is 5.79. The van der Waals surface area contributed by atoms with Crippen molar-refractivity contribution in [3.63, 3.8) is 0 Å². The number of nitrogens with two attached hydrogens (primary N) is 1. The third kappa shape index (κ3) is 4.84. The number of hydrogen-bond donors (Lipinski definition) is 2. The second kappa shape index (κ2) is 7.81. The summed E-state index contributed by atoms with van der Waals surface area (Å²) in [4.78, 5) is 8.53. The lowest BCUT2D eigenvalue weighted by atomic mass is 9.98. The van der Waals surface area contributed by atoms with Crippen molar-refractivity contribution in [1.29, 1.82) is 0 Å². The zero-order chi connectivity index (χ0) is 16.8. The van der Waals surface area contributed by atoms with Crippen molar-refractivity contribution in [2.24, 2.45) is 15.7 Å². The summed E-state index contributed by atoms with van der Waals surface area (Å²) in [6.07, 6.45) is 2.83. The predicted molar refractivity (Wildman–Crippen MR) is 95.9 cm³/mol. The van der Waals surface area contributed by atoms with Crippen molar-refractivity contribution in [1.82, 2.24) is 5.32 Å². The van der Waals surface area contributed by atoms with Crippen molar-refractivity contribution in [3.05, 3.63) is 41.7 Å². The fourth-order valence-corrected chi connectivity index (χ4v) is 2.67. The van der Waals surface area contributed by atoms with Crippen LogP contribution in [0.25, 0.3) is 0 Å². The maximum atomic E-state index is 5.87. The van der Waals surface area contributed by atoms with E-state index in [1.54, 1.807) is 0 Å². The fraction of sp³-hybridized carbons (Fsp3) is 0.444. The molecule has 0 saturated heterocycles. The molecule has 1 unspecified atom stereocenters. The van der Waals surface area contributed by atoms with Crippen LogP contribution >= 0.6 is 0 Å². The minimum Gasteiger partial charge on any atom is -0.493 e. The molecule has 5 nitrogen and oxygen atoms in total. The standard InChI is InChI=1S/C18H26N4O/c1-5-6-13(3)20-18(19)22-14(4)21-16-9-10-23-17-8-7-12(2)11-15(16)17/h7-8,11,16,21H,4-6,9-10H2,1-3H3,(H2,19,22). The minimum atomic E-state index is 0.128. The highest BCUT2D eigenvalue weighted by Gasteiger charge is 2.21. The van der Waals surface area contributed by atoms with Gasteiger partial charge in [0.1, 0.15) is 11.6 Å². The normalized spacial score (nSPS) is 18.1. The average molecular weight is 314 g/mol. The van der Waals surface area contributed by atoms with E-state index < -0.39 is 0 Å². The summed E-state index contributed by atoms with van der Waals surface area (Å²) >= 11 is 0. The molecule has 1 atom stereocenters. The summed E-state index contributed by atoms with van der Waals surface area (Å²) < 4.78 is 5.70. The summed E-state index contributed by atoms with van der Waals surface area (Å²) in [5, 5.41) is 3.33. The third-order valence-corrected chi connectivity index (χ3v) is 3.71. The molecule has 1 heterocycles. The number of aryl methyl sites for hydroxylation is 1. The molecule has 0 spiro atoms. The van der Waals surface area contributed by atoms with Crippen LogP contribution in [0.2, 0.25) is 0 Å². The molecule has 0 fully saturated rings. The van der Waals surface area contributed by atoms with Crippen LogP contribution in [-0.2, 0) is 0 Å². The lowest BCUT2D eigenvalue weighted by Gasteiger charge is -2.27. The van der Waals surface area contributed by atoms with Crippen molar-refractivity contribution in [2.75, 3.05) is 6.61 Å². The molecule has 3 N–H and O–H groups in total. The Morgan fingerprint density at radius 3 is 2.96 bits per heavy atom. The molecule has 2 rings (SSSR count). The van der Waals surface area contributed by atoms with Crippen molar-refractivity contribution in [2.45, 2.75) is 46.1 Å². The number of aliphatic imine (C=N–C) groups is 2. The molecule has 1 aliphatic rings. The highest BCUT2D eigenvalue weighted by Crippen LogP contribution is 2.33. The van der Waals surface area contributed by atoms with Crippen molar-refractivity contribution >= 4 is 11.7 Å². The second-order valence-electron chi connectivity index (χ2n) is 5.89. The van der Waals surface area contributed by atoms with Gasteiger partial charge in [-0.25, -0.2) is 4.99 Å². The second-order valence-corrected chi connectivity index (χ2v) is 5.89. The highest BCUT2D eigenvalue weighted by atomic mass is 16.5. The van der Waals surface area contributed by atoms with Crippen molar-refractivity contribution in [3.8, 4) is 5.75 Å². The number of fused-ring (bicyclic) bond motifs is 1. The van der Waals surface area contributed by atoms with Gasteiger partial charge in [0.15, 0.2) is 0 Å². The Bertz CT molecular complexity index is 634. The van der Waals surface area contributed by atoms with E-state index in [0.29, 0.717) is 12.4 Å². The van der Waals surface area contributed by atoms with E-state index in [0.717, 1.165) is 36.3 Å². The number of rotatable bonds is 5. The summed E-state index contributed by atoms with van der Waals surface area (Å²) in [7, 11) is 0. The molecule has 0 saturated carbocycles. The van der Waals surface area contributed by atoms with Crippen molar-refractivity contribution < 1.29 is 4.74 Å². The lowest BCUT2D eigenvalue weighted by molar-refractivity contribution is 0.258. The van der Waals surface area contributed by atoms with Crippen LogP contribution in [0.5, 0.6) is 5.75 Å². The molecular formula is C18H26N4O. The van der Waals surface area contributed by atoms with Crippen LogP contribution in [0, 0.1) is 6.92 Å². The summed E-state index contributed by atoms with van der Waals surface area (Å²) in [5.74, 6) is 1.68. The van der Waals surface area contributed by atoms with E-state index in [4.69, 9.17) is 10.5 Å². The number of benzene rings is 1. The Hall–Kier alpha value is -2.30. The number of ether oxygens (including phenoxy) is 1. The molecule has 0 radical (unpaired) electrons. The molecule has 5 heteroatoms. The molecule has 0 bridgehead atoms. The Morgan fingerprint density at radius 1 is 1.43 bits per heavy atom. The number of hydrogen-bond acceptors (Lipinski definition) is 3. The van der Waals surface area contributed by atoms with Gasteiger partial charge in [-0.1, -0.05) is 37.6 Å². The van der Waals surface area contributed by atoms with Gasteiger partial charge in [0.05, 0.1) is 12.6 Å². The molecule has 0 aromatic heterocycles. The average Bonchev–Trinajstić information content (AvgIpc) is 2.47. The topological polar surface area (TPSA) is 72.0 Å². The van der Waals surface area contributed by atoms with Gasteiger partial charge in [0.2, 0.25) is 5.96 Å². The fourth-order valence-electron chi connectivity index (χ4n) is 2.67. The summed E-state index contributed by atoms with van der Waals surface area (Å²) in [6.45, 7) is 10.8. The van der Waals surface area contributed by atoms with Crippen LogP contribution in [0.4, 0.5) is 0 Å². The van der Waals surface area contributed by atoms with Gasteiger partial charge in [-0.05, 0) is 26.3 Å². The van der Waals surface area contributed by atoms with E-state index >= 15 is 0 Å². The zero-order valence-electron chi connectivity index (χ0n) is 14.2. The monoisotopic (exact) mass is 314 g/mol. The zero-order valence-corrected chi connectivity index (χ0v) is 14.2. The van der Waals surface area contributed by atoms with Crippen LogP contribution in [0.3, 0.4) is 0 Å². The van der Waals surface area contributed by atoms with E-state index in [1.165, 1.54) is 5.56 Å². The van der Waals surface area contributed by atoms with Crippen LogP contribution in [0.15, 0.2) is 40.6 Å².